The Morgan fingerprint density at radius 1 is 0.966 bits per heavy atom. The van der Waals surface area contributed by atoms with Crippen LogP contribution in [0.5, 0.6) is 5.75 Å². The van der Waals surface area contributed by atoms with E-state index in [0.29, 0.717) is 17.9 Å². The van der Waals surface area contributed by atoms with Crippen LogP contribution in [0.4, 0.5) is 16.6 Å². The number of ether oxygens (including phenoxy) is 2. The summed E-state index contributed by atoms with van der Waals surface area (Å²) in [6.07, 6.45) is 11.7. The lowest BCUT2D eigenvalue weighted by Crippen LogP contribution is -2.44. The number of pyridine rings is 1. The largest absolute Gasteiger partial charge is 0.484 e. The van der Waals surface area contributed by atoms with Crippen molar-refractivity contribution in [3.05, 3.63) is 77.9 Å². The van der Waals surface area contributed by atoms with Crippen molar-refractivity contribution in [2.45, 2.75) is 109 Å². The van der Waals surface area contributed by atoms with Crippen molar-refractivity contribution in [2.24, 2.45) is 0 Å². The molecule has 2 saturated heterocycles. The van der Waals surface area contributed by atoms with Crippen LogP contribution in [0.25, 0.3) is 11.3 Å². The van der Waals surface area contributed by atoms with Gasteiger partial charge in [-0.15, -0.1) is 10.2 Å². The van der Waals surface area contributed by atoms with E-state index in [1.54, 1.807) is 4.68 Å². The number of benzene rings is 1. The molecule has 16 nitrogen and oxygen atoms in total. The number of nitrogens with zero attached hydrogens (tertiary/aromatic N) is 9. The van der Waals surface area contributed by atoms with Crippen molar-refractivity contribution < 1.29 is 24.2 Å². The number of urea groups is 1. The molecule has 4 atom stereocenters. The molecule has 2 amide bonds. The Balaban J connectivity index is 0.00000166. The Hall–Kier alpha value is -5.48. The minimum Gasteiger partial charge on any atom is -0.484 e. The topological polar surface area (TPSA) is 169 Å². The third-order valence-corrected chi connectivity index (χ3v) is 11.3. The lowest BCUT2D eigenvalue weighted by atomic mass is 9.85. The van der Waals surface area contributed by atoms with Gasteiger partial charge in [-0.2, -0.15) is 10.2 Å². The summed E-state index contributed by atoms with van der Waals surface area (Å²) < 4.78 is 18.1. The lowest BCUT2D eigenvalue weighted by molar-refractivity contribution is -0.122. The van der Waals surface area contributed by atoms with Gasteiger partial charge in [0.2, 0.25) is 5.95 Å². The van der Waals surface area contributed by atoms with Gasteiger partial charge in [-0.25, -0.2) is 9.48 Å². The SMILES string of the molecule is C[C@@H]1CCC[C@H](C)N1c1nnc2ccc(O[C@@H]3CC[C@H](NC(=O)Nc4cc(C(C)(C)C)nn4-c4cnn(CCN5CCCOCC5)c4)c4ccccc43)cn12.O=CO. The van der Waals surface area contributed by atoms with Crippen LogP contribution in [-0.4, -0.2) is 102 Å². The van der Waals surface area contributed by atoms with Gasteiger partial charge in [-0.3, -0.25) is 24.1 Å². The molecule has 3 aliphatic rings. The zero-order valence-electron chi connectivity index (χ0n) is 34.3. The predicted molar refractivity (Wildman–Crippen MR) is 221 cm³/mol. The summed E-state index contributed by atoms with van der Waals surface area (Å²) in [5, 5.41) is 31.9. The first-order valence-electron chi connectivity index (χ1n) is 20.5. The summed E-state index contributed by atoms with van der Waals surface area (Å²) in [7, 11) is 0. The number of carbonyl (C=O) groups excluding carboxylic acids is 1. The summed E-state index contributed by atoms with van der Waals surface area (Å²) in [5.74, 6) is 2.22. The Labute approximate surface area is 339 Å². The van der Waals surface area contributed by atoms with Gasteiger partial charge < -0.3 is 24.8 Å². The van der Waals surface area contributed by atoms with E-state index < -0.39 is 0 Å². The number of fused-ring (bicyclic) bond motifs is 2. The molecule has 0 saturated carbocycles. The molecule has 5 aromatic rings. The van der Waals surface area contributed by atoms with E-state index in [9.17, 15) is 4.79 Å². The number of hydrogen-bond donors (Lipinski definition) is 3. The van der Waals surface area contributed by atoms with E-state index in [1.807, 2.05) is 53.6 Å². The molecule has 0 unspecified atom stereocenters. The van der Waals surface area contributed by atoms with E-state index in [4.69, 9.17) is 24.5 Å². The minimum atomic E-state index is -0.289. The quantitative estimate of drug-likeness (QED) is 0.142. The maximum atomic E-state index is 13.8. The van der Waals surface area contributed by atoms with Crippen LogP contribution >= 0.6 is 0 Å². The van der Waals surface area contributed by atoms with Gasteiger partial charge in [-0.05, 0) is 75.6 Å². The molecule has 0 bridgehead atoms. The molecule has 3 N–H and O–H groups in total. The third-order valence-electron chi connectivity index (χ3n) is 11.3. The third kappa shape index (κ3) is 9.28. The van der Waals surface area contributed by atoms with Crippen LogP contribution in [-0.2, 0) is 21.5 Å². The van der Waals surface area contributed by atoms with Gasteiger partial charge in [0.25, 0.3) is 6.47 Å². The smallest absolute Gasteiger partial charge is 0.320 e. The molecule has 4 aromatic heterocycles. The summed E-state index contributed by atoms with van der Waals surface area (Å²) in [6.45, 7) is 15.9. The number of carboxylic acid groups (broad SMARTS) is 1. The van der Waals surface area contributed by atoms with Gasteiger partial charge in [0.1, 0.15) is 23.4 Å². The molecule has 16 heteroatoms. The van der Waals surface area contributed by atoms with E-state index >= 15 is 0 Å². The van der Waals surface area contributed by atoms with Crippen molar-refractivity contribution in [3.8, 4) is 11.4 Å². The van der Waals surface area contributed by atoms with Crippen molar-refractivity contribution in [2.75, 3.05) is 43.1 Å². The molecule has 6 heterocycles. The Morgan fingerprint density at radius 2 is 1.74 bits per heavy atom. The highest BCUT2D eigenvalue weighted by molar-refractivity contribution is 5.89. The van der Waals surface area contributed by atoms with Crippen LogP contribution < -0.4 is 20.3 Å². The number of rotatable bonds is 9. The van der Waals surface area contributed by atoms with Crippen molar-refractivity contribution >= 4 is 29.9 Å². The van der Waals surface area contributed by atoms with Crippen molar-refractivity contribution in [1.29, 1.82) is 0 Å². The number of anilines is 2. The number of amides is 2. The molecular formula is C42H57N11O5. The number of hydrogen-bond acceptors (Lipinski definition) is 10. The summed E-state index contributed by atoms with van der Waals surface area (Å²) in [6, 6.07) is 14.5. The van der Waals surface area contributed by atoms with Crippen LogP contribution in [0.1, 0.15) is 102 Å². The number of carbonyl (C=O) groups is 2. The van der Waals surface area contributed by atoms with Gasteiger partial charge in [-0.1, -0.05) is 45.0 Å². The number of piperidine rings is 1. The second kappa shape index (κ2) is 18.0. The Bertz CT molecular complexity index is 2140. The molecule has 0 spiro atoms. The van der Waals surface area contributed by atoms with E-state index in [-0.39, 0.29) is 30.1 Å². The fourth-order valence-electron chi connectivity index (χ4n) is 8.30. The van der Waals surface area contributed by atoms with Crippen LogP contribution in [0.15, 0.2) is 61.1 Å². The van der Waals surface area contributed by atoms with E-state index in [0.717, 1.165) is 111 Å². The molecule has 8 rings (SSSR count). The first kappa shape index (κ1) is 40.7. The van der Waals surface area contributed by atoms with Gasteiger partial charge in [0, 0.05) is 49.8 Å². The monoisotopic (exact) mass is 795 g/mol. The Kier molecular flexibility index (Phi) is 12.6. The lowest BCUT2D eigenvalue weighted by Gasteiger charge is -2.39. The van der Waals surface area contributed by atoms with Crippen LogP contribution in [0.3, 0.4) is 0 Å². The maximum absolute atomic E-state index is 13.8. The normalized spacial score (nSPS) is 21.4. The maximum Gasteiger partial charge on any atom is 0.320 e. The second-order valence-electron chi connectivity index (χ2n) is 16.5. The summed E-state index contributed by atoms with van der Waals surface area (Å²) in [5.41, 5.74) is 4.38. The van der Waals surface area contributed by atoms with Crippen molar-refractivity contribution in [3.63, 3.8) is 0 Å². The molecule has 0 radical (unpaired) electrons. The van der Waals surface area contributed by atoms with E-state index in [1.165, 1.54) is 6.42 Å². The fraction of sp³-hybridized carbons (Fsp3) is 0.524. The number of aromatic nitrogens is 7. The van der Waals surface area contributed by atoms with E-state index in [2.05, 4.69) is 86.9 Å². The van der Waals surface area contributed by atoms with Gasteiger partial charge in [0.05, 0.1) is 43.5 Å². The molecule has 2 aliphatic heterocycles. The minimum absolute atomic E-state index is 0.164. The van der Waals surface area contributed by atoms with Crippen molar-refractivity contribution in [1.82, 2.24) is 44.4 Å². The van der Waals surface area contributed by atoms with Crippen LogP contribution in [0, 0.1) is 0 Å². The average molecular weight is 796 g/mol. The second-order valence-corrected chi connectivity index (χ2v) is 16.5. The predicted octanol–water partition coefficient (Wildman–Crippen LogP) is 6.38. The standard InChI is InChI=1S/C41H55N11O3.CH2O2/c1-28-10-8-11-29(2)51(28)40-46-45-37-17-14-31(27-50(37)40)55-35-16-15-34(32-12-6-7-13-33(32)35)43-39(53)44-38-24-36(41(3,4)5)47-52(38)30-25-42-49(26-30)20-19-48-18-9-22-54-23-21-48;2-1-3/h6-7,12-14,17,24-29,34-35H,8-11,15-16,18-23H2,1-5H3,(H2,43,44,53);1H,(H,2,3)/t28-,29+,34-,35+;/m0./s1. The average Bonchev–Trinajstić information content (AvgIpc) is 3.90. The first-order chi connectivity index (χ1) is 28.0. The zero-order valence-corrected chi connectivity index (χ0v) is 34.3. The summed E-state index contributed by atoms with van der Waals surface area (Å²) in [4.78, 5) is 26.9. The highest BCUT2D eigenvalue weighted by Crippen LogP contribution is 2.39. The highest BCUT2D eigenvalue weighted by Gasteiger charge is 2.32. The van der Waals surface area contributed by atoms with Gasteiger partial charge in [0.15, 0.2) is 5.65 Å². The summed E-state index contributed by atoms with van der Waals surface area (Å²) >= 11 is 0. The zero-order chi connectivity index (χ0) is 40.8. The molecule has 58 heavy (non-hydrogen) atoms. The fourth-order valence-corrected chi connectivity index (χ4v) is 8.30. The Morgan fingerprint density at radius 3 is 2.52 bits per heavy atom. The first-order valence-corrected chi connectivity index (χ1v) is 20.5. The molecule has 1 aliphatic carbocycles. The molecule has 310 valence electrons. The highest BCUT2D eigenvalue weighted by atomic mass is 16.5. The van der Waals surface area contributed by atoms with Gasteiger partial charge >= 0.3 is 6.03 Å². The molecule has 1 aromatic carbocycles. The number of nitrogens with one attached hydrogen (secondary N) is 2. The molecule has 2 fully saturated rings. The molecular weight excluding hydrogens is 739 g/mol. The van der Waals surface area contributed by atoms with Crippen LogP contribution in [0.2, 0.25) is 0 Å².